The Morgan fingerprint density at radius 2 is 1.44 bits per heavy atom. The molecule has 0 aromatic rings. The maximum atomic E-state index is 4.02. The molecular formula is C17H33N. The second-order valence-corrected chi connectivity index (χ2v) is 7.86. The monoisotopic (exact) mass is 251 g/mol. The molecule has 106 valence electrons. The van der Waals surface area contributed by atoms with E-state index >= 15 is 0 Å². The van der Waals surface area contributed by atoms with Gasteiger partial charge in [0.25, 0.3) is 0 Å². The van der Waals surface area contributed by atoms with Crippen LogP contribution in [0.25, 0.3) is 0 Å². The van der Waals surface area contributed by atoms with E-state index in [-0.39, 0.29) is 0 Å². The van der Waals surface area contributed by atoms with Crippen LogP contribution in [0.2, 0.25) is 0 Å². The summed E-state index contributed by atoms with van der Waals surface area (Å²) in [5.74, 6) is 1.82. The average Bonchev–Trinajstić information content (AvgIpc) is 2.81. The van der Waals surface area contributed by atoms with Gasteiger partial charge in [0.1, 0.15) is 0 Å². The summed E-state index contributed by atoms with van der Waals surface area (Å²) in [6.07, 6.45) is 11.5. The molecule has 1 heteroatoms. The topological polar surface area (TPSA) is 12.0 Å². The molecule has 2 aliphatic rings. The Kier molecular flexibility index (Phi) is 4.75. The molecule has 0 saturated heterocycles. The lowest BCUT2D eigenvalue weighted by Gasteiger charge is -2.42. The third-order valence-corrected chi connectivity index (χ3v) is 5.46. The first-order valence-electron chi connectivity index (χ1n) is 8.24. The van der Waals surface area contributed by atoms with E-state index in [0.717, 1.165) is 23.9 Å². The molecule has 0 spiro atoms. The third-order valence-electron chi connectivity index (χ3n) is 5.46. The number of nitrogens with one attached hydrogen (secondary N) is 1. The van der Waals surface area contributed by atoms with E-state index in [9.17, 15) is 0 Å². The molecule has 2 aliphatic carbocycles. The highest BCUT2D eigenvalue weighted by atomic mass is 15.0. The molecule has 2 fully saturated rings. The van der Waals surface area contributed by atoms with Crippen LogP contribution in [0.5, 0.6) is 0 Å². The molecule has 2 unspecified atom stereocenters. The molecule has 0 aliphatic heterocycles. The number of hydrogen-bond donors (Lipinski definition) is 1. The quantitative estimate of drug-likeness (QED) is 0.762. The fourth-order valence-electron chi connectivity index (χ4n) is 4.30. The molecule has 0 aromatic carbocycles. The van der Waals surface area contributed by atoms with Crippen molar-refractivity contribution < 1.29 is 0 Å². The molecule has 0 heterocycles. The van der Waals surface area contributed by atoms with E-state index in [1.165, 1.54) is 51.4 Å². The first-order valence-corrected chi connectivity index (χ1v) is 8.24. The van der Waals surface area contributed by atoms with Gasteiger partial charge in [0.05, 0.1) is 0 Å². The zero-order valence-corrected chi connectivity index (χ0v) is 13.0. The Bertz CT molecular complexity index is 247. The zero-order chi connectivity index (χ0) is 13.2. The third kappa shape index (κ3) is 3.50. The highest BCUT2D eigenvalue weighted by molar-refractivity contribution is 4.91. The predicted octanol–water partition coefficient (Wildman–Crippen LogP) is 4.76. The van der Waals surface area contributed by atoms with Gasteiger partial charge in [-0.25, -0.2) is 0 Å². The summed E-state index contributed by atoms with van der Waals surface area (Å²) in [6, 6.07) is 1.51. The lowest BCUT2D eigenvalue weighted by atomic mass is 9.69. The molecule has 0 bridgehead atoms. The van der Waals surface area contributed by atoms with E-state index < -0.39 is 0 Å². The maximum absolute atomic E-state index is 4.02. The number of hydrogen-bond acceptors (Lipinski definition) is 1. The summed E-state index contributed by atoms with van der Waals surface area (Å²) < 4.78 is 0. The molecule has 1 N–H and O–H groups in total. The van der Waals surface area contributed by atoms with Gasteiger partial charge in [0, 0.05) is 12.1 Å². The second-order valence-electron chi connectivity index (χ2n) is 7.86. The van der Waals surface area contributed by atoms with Crippen molar-refractivity contribution >= 4 is 0 Å². The lowest BCUT2D eigenvalue weighted by molar-refractivity contribution is 0.117. The molecule has 18 heavy (non-hydrogen) atoms. The van der Waals surface area contributed by atoms with E-state index in [2.05, 4.69) is 33.0 Å². The summed E-state index contributed by atoms with van der Waals surface area (Å²) >= 11 is 0. The Morgan fingerprint density at radius 1 is 0.889 bits per heavy atom. The van der Waals surface area contributed by atoms with Gasteiger partial charge in [-0.05, 0) is 49.9 Å². The van der Waals surface area contributed by atoms with Crippen molar-refractivity contribution in [2.75, 3.05) is 0 Å². The first kappa shape index (κ1) is 14.4. The molecule has 2 rings (SSSR count). The van der Waals surface area contributed by atoms with Crippen LogP contribution >= 0.6 is 0 Å². The van der Waals surface area contributed by atoms with Crippen LogP contribution in [0, 0.1) is 17.3 Å². The maximum Gasteiger partial charge on any atom is 0.0103 e. The van der Waals surface area contributed by atoms with Crippen LogP contribution in [0.4, 0.5) is 0 Å². The van der Waals surface area contributed by atoms with Crippen LogP contribution in [0.3, 0.4) is 0 Å². The van der Waals surface area contributed by atoms with E-state index in [1.54, 1.807) is 0 Å². The van der Waals surface area contributed by atoms with E-state index in [1.807, 2.05) is 0 Å². The van der Waals surface area contributed by atoms with Crippen molar-refractivity contribution in [2.24, 2.45) is 17.3 Å². The van der Waals surface area contributed by atoms with Crippen molar-refractivity contribution in [1.82, 2.24) is 5.32 Å². The zero-order valence-electron chi connectivity index (χ0n) is 13.0. The summed E-state index contributed by atoms with van der Waals surface area (Å²) in [7, 11) is 0. The van der Waals surface area contributed by atoms with Crippen LogP contribution in [-0.4, -0.2) is 12.1 Å². The van der Waals surface area contributed by atoms with Gasteiger partial charge in [-0.3, -0.25) is 0 Å². The Labute approximate surface area is 114 Å². The summed E-state index contributed by atoms with van der Waals surface area (Å²) in [5, 5.41) is 4.02. The molecule has 1 nitrogen and oxygen atoms in total. The molecular weight excluding hydrogens is 218 g/mol. The standard InChI is InChI=1S/C17H33N/c1-13(14-9-5-6-10-14)18-16-12-8-7-11-15(16)17(2,3)4/h13-16,18H,5-12H2,1-4H3/t13-,15?,16?/m1/s1. The predicted molar refractivity (Wildman–Crippen MR) is 79.8 cm³/mol. The smallest absolute Gasteiger partial charge is 0.0103 e. The van der Waals surface area contributed by atoms with Crippen molar-refractivity contribution in [1.29, 1.82) is 0 Å². The fourth-order valence-corrected chi connectivity index (χ4v) is 4.30. The van der Waals surface area contributed by atoms with Crippen molar-refractivity contribution in [3.8, 4) is 0 Å². The van der Waals surface area contributed by atoms with E-state index in [4.69, 9.17) is 0 Å². The Morgan fingerprint density at radius 3 is 2.06 bits per heavy atom. The van der Waals surface area contributed by atoms with Crippen LogP contribution < -0.4 is 5.32 Å². The number of rotatable bonds is 3. The lowest BCUT2D eigenvalue weighted by Crippen LogP contribution is -2.49. The van der Waals surface area contributed by atoms with E-state index in [0.29, 0.717) is 5.41 Å². The summed E-state index contributed by atoms with van der Waals surface area (Å²) in [5.41, 5.74) is 0.466. The van der Waals surface area contributed by atoms with Crippen LogP contribution in [0.15, 0.2) is 0 Å². The molecule has 0 radical (unpaired) electrons. The molecule has 2 saturated carbocycles. The van der Waals surface area contributed by atoms with Gasteiger partial charge in [0.15, 0.2) is 0 Å². The van der Waals surface area contributed by atoms with Crippen LogP contribution in [0.1, 0.15) is 79.1 Å². The summed E-state index contributed by atoms with van der Waals surface area (Å²) in [6.45, 7) is 9.72. The Hall–Kier alpha value is -0.0400. The highest BCUT2D eigenvalue weighted by Crippen LogP contribution is 2.39. The van der Waals surface area contributed by atoms with Crippen molar-refractivity contribution in [3.63, 3.8) is 0 Å². The second kappa shape index (κ2) is 5.94. The van der Waals surface area contributed by atoms with Gasteiger partial charge >= 0.3 is 0 Å². The normalized spacial score (nSPS) is 32.7. The minimum atomic E-state index is 0.466. The Balaban J connectivity index is 1.92. The van der Waals surface area contributed by atoms with Crippen molar-refractivity contribution in [3.05, 3.63) is 0 Å². The van der Waals surface area contributed by atoms with Gasteiger partial charge in [-0.1, -0.05) is 46.5 Å². The molecule has 3 atom stereocenters. The fraction of sp³-hybridized carbons (Fsp3) is 1.00. The minimum absolute atomic E-state index is 0.466. The molecule has 0 aromatic heterocycles. The van der Waals surface area contributed by atoms with Gasteiger partial charge < -0.3 is 5.32 Å². The van der Waals surface area contributed by atoms with Crippen molar-refractivity contribution in [2.45, 2.75) is 91.1 Å². The van der Waals surface area contributed by atoms with Gasteiger partial charge in [-0.15, -0.1) is 0 Å². The largest absolute Gasteiger partial charge is 0.311 e. The highest BCUT2D eigenvalue weighted by Gasteiger charge is 2.35. The van der Waals surface area contributed by atoms with Gasteiger partial charge in [0.2, 0.25) is 0 Å². The average molecular weight is 251 g/mol. The van der Waals surface area contributed by atoms with Gasteiger partial charge in [-0.2, -0.15) is 0 Å². The first-order chi connectivity index (χ1) is 8.48. The SMILES string of the molecule is C[C@@H](NC1CCCCC1C(C)(C)C)C1CCCC1. The van der Waals surface area contributed by atoms with Crippen LogP contribution in [-0.2, 0) is 0 Å². The molecule has 0 amide bonds. The minimum Gasteiger partial charge on any atom is -0.311 e. The summed E-state index contributed by atoms with van der Waals surface area (Å²) in [4.78, 5) is 0.